The van der Waals surface area contributed by atoms with Crippen LogP contribution in [-0.4, -0.2) is 43.1 Å². The Bertz CT molecular complexity index is 1030. The van der Waals surface area contributed by atoms with Gasteiger partial charge in [-0.05, 0) is 6.07 Å². The molecule has 1 saturated heterocycles. The average molecular weight is 385 g/mol. The lowest BCUT2D eigenvalue weighted by Gasteiger charge is -2.18. The van der Waals surface area contributed by atoms with E-state index in [1.54, 1.807) is 4.72 Å². The van der Waals surface area contributed by atoms with Crippen molar-refractivity contribution in [2.45, 2.75) is 0 Å². The number of aromatic hydroxyl groups is 1. The second kappa shape index (κ2) is 6.18. The minimum Gasteiger partial charge on any atom is -0.506 e. The van der Waals surface area contributed by atoms with E-state index < -0.39 is 45.5 Å². The van der Waals surface area contributed by atoms with Gasteiger partial charge in [-0.15, -0.1) is 0 Å². The normalized spacial score (nSPS) is 15.6. The van der Waals surface area contributed by atoms with Gasteiger partial charge in [-0.25, -0.2) is 13.4 Å². The SMILES string of the molecule is COc1cc(=O)[nH]c(Nc2cc(O)c(N3CC(=O)NS3(=O)=O)c(F)c2)n1. The first-order valence-corrected chi connectivity index (χ1v) is 8.42. The van der Waals surface area contributed by atoms with Crippen LogP contribution < -0.4 is 24.6 Å². The number of halogens is 1. The molecule has 13 heteroatoms. The molecule has 26 heavy (non-hydrogen) atoms. The van der Waals surface area contributed by atoms with Crippen LogP contribution >= 0.6 is 0 Å². The molecule has 0 aliphatic carbocycles. The zero-order valence-electron chi connectivity index (χ0n) is 13.1. The van der Waals surface area contributed by atoms with E-state index in [1.807, 2.05) is 0 Å². The number of aromatic amines is 1. The molecule has 1 amide bonds. The Labute approximate surface area is 145 Å². The highest BCUT2D eigenvalue weighted by atomic mass is 32.2. The molecule has 1 aliphatic heterocycles. The van der Waals surface area contributed by atoms with Gasteiger partial charge < -0.3 is 15.2 Å². The highest BCUT2D eigenvalue weighted by Gasteiger charge is 2.37. The zero-order valence-corrected chi connectivity index (χ0v) is 13.9. The van der Waals surface area contributed by atoms with E-state index in [4.69, 9.17) is 4.74 Å². The van der Waals surface area contributed by atoms with Gasteiger partial charge in [0.05, 0.1) is 13.2 Å². The van der Waals surface area contributed by atoms with Crippen molar-refractivity contribution in [3.8, 4) is 11.6 Å². The summed E-state index contributed by atoms with van der Waals surface area (Å²) in [6.07, 6.45) is 0. The van der Waals surface area contributed by atoms with Crippen LogP contribution in [0, 0.1) is 5.82 Å². The number of amides is 1. The van der Waals surface area contributed by atoms with Crippen molar-refractivity contribution in [3.63, 3.8) is 0 Å². The smallest absolute Gasteiger partial charge is 0.326 e. The van der Waals surface area contributed by atoms with Gasteiger partial charge in [0.25, 0.3) is 11.5 Å². The van der Waals surface area contributed by atoms with Crippen LogP contribution in [0.15, 0.2) is 23.0 Å². The fraction of sp³-hybridized carbons (Fsp3) is 0.154. The first kappa shape index (κ1) is 17.5. The number of methoxy groups -OCH3 is 1. The number of ether oxygens (including phenoxy) is 1. The number of H-pyrrole nitrogens is 1. The summed E-state index contributed by atoms with van der Waals surface area (Å²) in [5, 5.41) is 12.6. The number of carbonyl (C=O) groups excluding carboxylic acids is 1. The van der Waals surface area contributed by atoms with Crippen molar-refractivity contribution in [1.29, 1.82) is 0 Å². The fourth-order valence-corrected chi connectivity index (χ4v) is 3.46. The highest BCUT2D eigenvalue weighted by Crippen LogP contribution is 2.36. The summed E-state index contributed by atoms with van der Waals surface area (Å²) in [5.74, 6) is -2.79. The Hall–Kier alpha value is -3.35. The number of hydrogen-bond acceptors (Lipinski definition) is 8. The van der Waals surface area contributed by atoms with Crippen LogP contribution in [0.5, 0.6) is 11.6 Å². The second-order valence-corrected chi connectivity index (χ2v) is 6.72. The van der Waals surface area contributed by atoms with Crippen LogP contribution in [0.25, 0.3) is 0 Å². The Morgan fingerprint density at radius 2 is 2.08 bits per heavy atom. The number of nitrogens with zero attached hydrogens (tertiary/aromatic N) is 2. The van der Waals surface area contributed by atoms with Gasteiger partial charge in [0.1, 0.15) is 18.0 Å². The van der Waals surface area contributed by atoms with Crippen LogP contribution in [0.2, 0.25) is 0 Å². The molecular weight excluding hydrogens is 373 g/mol. The second-order valence-electron chi connectivity index (χ2n) is 5.12. The first-order valence-electron chi connectivity index (χ1n) is 6.98. The van der Waals surface area contributed by atoms with Crippen molar-refractivity contribution in [1.82, 2.24) is 14.7 Å². The van der Waals surface area contributed by atoms with E-state index >= 15 is 0 Å². The van der Waals surface area contributed by atoms with Gasteiger partial charge >= 0.3 is 10.2 Å². The van der Waals surface area contributed by atoms with Crippen LogP contribution in [0.3, 0.4) is 0 Å². The molecule has 11 nitrogen and oxygen atoms in total. The third kappa shape index (κ3) is 3.23. The molecule has 1 fully saturated rings. The molecule has 1 aliphatic rings. The number of phenols is 1. The summed E-state index contributed by atoms with van der Waals surface area (Å²) in [4.78, 5) is 29.0. The summed E-state index contributed by atoms with van der Waals surface area (Å²) < 4.78 is 44.9. The maximum atomic E-state index is 14.4. The predicted octanol–water partition coefficient (Wildman–Crippen LogP) is -0.452. The number of hydrogen-bond donors (Lipinski definition) is 4. The number of aromatic nitrogens is 2. The number of anilines is 3. The largest absolute Gasteiger partial charge is 0.506 e. The highest BCUT2D eigenvalue weighted by molar-refractivity contribution is 7.92. The molecule has 1 aromatic heterocycles. The number of benzene rings is 1. The maximum absolute atomic E-state index is 14.4. The van der Waals surface area contributed by atoms with Gasteiger partial charge in [0, 0.05) is 11.8 Å². The quantitative estimate of drug-likeness (QED) is 0.552. The van der Waals surface area contributed by atoms with Crippen LogP contribution in [0.4, 0.5) is 21.7 Å². The minimum absolute atomic E-state index is 0.00492. The van der Waals surface area contributed by atoms with Gasteiger partial charge in [0.15, 0.2) is 5.82 Å². The zero-order chi connectivity index (χ0) is 19.1. The van der Waals surface area contributed by atoms with Crippen LogP contribution in [0.1, 0.15) is 0 Å². The predicted molar refractivity (Wildman–Crippen MR) is 87.2 cm³/mol. The molecular formula is C13H12FN5O6S. The molecule has 0 bridgehead atoms. The van der Waals surface area contributed by atoms with E-state index in [1.165, 1.54) is 7.11 Å². The van der Waals surface area contributed by atoms with Gasteiger partial charge in [-0.2, -0.15) is 13.4 Å². The number of rotatable bonds is 4. The molecule has 2 aromatic rings. The topological polar surface area (TPSA) is 154 Å². The van der Waals surface area contributed by atoms with Gasteiger partial charge in [-0.1, -0.05) is 0 Å². The molecule has 1 aromatic carbocycles. The third-order valence-electron chi connectivity index (χ3n) is 3.30. The van der Waals surface area contributed by atoms with E-state index in [9.17, 15) is 27.5 Å². The number of carbonyl (C=O) groups is 1. The molecule has 0 saturated carbocycles. The summed E-state index contributed by atoms with van der Waals surface area (Å²) in [6.45, 7) is -0.662. The summed E-state index contributed by atoms with van der Waals surface area (Å²) in [7, 11) is -2.98. The molecule has 4 N–H and O–H groups in total. The third-order valence-corrected chi connectivity index (χ3v) is 4.68. The van der Waals surface area contributed by atoms with Gasteiger partial charge in [-0.3, -0.25) is 14.6 Å². The van der Waals surface area contributed by atoms with Gasteiger partial charge in [0.2, 0.25) is 11.8 Å². The summed E-state index contributed by atoms with van der Waals surface area (Å²) >= 11 is 0. The Balaban J connectivity index is 1.97. The van der Waals surface area contributed by atoms with Crippen molar-refractivity contribution >= 4 is 33.4 Å². The fourth-order valence-electron chi connectivity index (χ4n) is 2.29. The Morgan fingerprint density at radius 3 is 2.65 bits per heavy atom. The van der Waals surface area contributed by atoms with E-state index in [0.29, 0.717) is 4.31 Å². The molecule has 0 radical (unpaired) electrons. The monoisotopic (exact) mass is 385 g/mol. The molecule has 138 valence electrons. The van der Waals surface area contributed by atoms with Crippen molar-refractivity contribution in [2.75, 3.05) is 23.3 Å². The Morgan fingerprint density at radius 1 is 1.35 bits per heavy atom. The maximum Gasteiger partial charge on any atom is 0.326 e. The molecule has 2 heterocycles. The average Bonchev–Trinajstić information content (AvgIpc) is 2.78. The van der Waals surface area contributed by atoms with E-state index in [-0.39, 0.29) is 17.5 Å². The lowest BCUT2D eigenvalue weighted by atomic mass is 10.2. The lowest BCUT2D eigenvalue weighted by Crippen LogP contribution is -2.30. The van der Waals surface area contributed by atoms with Crippen molar-refractivity contribution in [3.05, 3.63) is 34.4 Å². The number of phenolic OH excluding ortho intramolecular Hbond substituents is 1. The minimum atomic E-state index is -4.28. The molecule has 0 spiro atoms. The Kier molecular flexibility index (Phi) is 4.15. The lowest BCUT2D eigenvalue weighted by molar-refractivity contribution is -0.117. The van der Waals surface area contributed by atoms with E-state index in [2.05, 4.69) is 15.3 Å². The van der Waals surface area contributed by atoms with Crippen molar-refractivity contribution in [2.24, 2.45) is 0 Å². The first-order chi connectivity index (χ1) is 12.2. The van der Waals surface area contributed by atoms with Crippen molar-refractivity contribution < 1.29 is 27.4 Å². The molecule has 0 unspecified atom stereocenters. The van der Waals surface area contributed by atoms with E-state index in [0.717, 1.165) is 18.2 Å². The number of nitrogens with one attached hydrogen (secondary N) is 3. The molecule has 3 rings (SSSR count). The standard InChI is InChI=1S/C13H12FN5O6S/c1-25-11-4-9(21)16-13(17-11)15-6-2-7(14)12(8(20)3-6)19-5-10(22)18-26(19,23)24/h2-4,20H,5H2,1H3,(H,18,22)(H2,15,16,17,21). The molecule has 0 atom stereocenters. The van der Waals surface area contributed by atoms with Crippen LogP contribution in [-0.2, 0) is 15.0 Å². The summed E-state index contributed by atoms with van der Waals surface area (Å²) in [5.41, 5.74) is -1.24. The summed E-state index contributed by atoms with van der Waals surface area (Å²) in [6, 6.07) is 2.97.